The van der Waals surface area contributed by atoms with Crippen LogP contribution in [-0.4, -0.2) is 18.2 Å². The highest BCUT2D eigenvalue weighted by atomic mass is 16.5. The maximum Gasteiger partial charge on any atom is 0.360 e. The normalized spacial score (nSPS) is 16.5. The summed E-state index contributed by atoms with van der Waals surface area (Å²) in [5.41, 5.74) is -0.432. The second kappa shape index (κ2) is 2.51. The molecule has 0 aliphatic rings. The van der Waals surface area contributed by atoms with E-state index in [0.29, 0.717) is 0 Å². The number of rotatable bonds is 1. The maximum absolute atomic E-state index is 10.9. The molecule has 1 rings (SSSR count). The van der Waals surface area contributed by atoms with Crippen LogP contribution in [0.2, 0.25) is 0 Å². The Morgan fingerprint density at radius 2 is 2.90 bits per heavy atom. The lowest BCUT2D eigenvalue weighted by molar-refractivity contribution is 0.0589. The number of hydrogen-bond donors (Lipinski definition) is 0. The monoisotopic (exact) mass is 145 g/mol. The van der Waals surface area contributed by atoms with Crippen LogP contribution in [0.1, 0.15) is 21.7 Å². The van der Waals surface area contributed by atoms with Gasteiger partial charge in [-0.2, -0.15) is 0 Å². The Morgan fingerprint density at radius 3 is 3.40 bits per heavy atom. The molecule has 0 spiro atoms. The zero-order chi connectivity index (χ0) is 10.9. The second-order valence-corrected chi connectivity index (χ2v) is 1.48. The molecule has 0 unspecified atom stereocenters. The largest absolute Gasteiger partial charge is 0.464 e. The molecule has 1 aromatic heterocycles. The quantitative estimate of drug-likeness (QED) is 0.547. The van der Waals surface area contributed by atoms with Crippen LogP contribution in [0.5, 0.6) is 0 Å². The van der Waals surface area contributed by atoms with Crippen molar-refractivity contribution >= 4 is 5.97 Å². The lowest BCUT2D eigenvalue weighted by Crippen LogP contribution is -2.00. The molecule has 0 bridgehead atoms. The fourth-order valence-corrected chi connectivity index (χ4v) is 0.429. The molecular formula is C6H7NO3. The number of carbonyl (C=O) groups is 1. The Hall–Kier alpha value is -1.32. The Labute approximate surface area is 63.4 Å². The predicted molar refractivity (Wildman–Crippen MR) is 32.6 cm³/mol. The van der Waals surface area contributed by atoms with Crippen LogP contribution in [-0.2, 0) is 4.74 Å². The molecule has 4 heteroatoms. The highest BCUT2D eigenvalue weighted by Gasteiger charge is 2.09. The molecule has 4 nitrogen and oxygen atoms in total. The van der Waals surface area contributed by atoms with Crippen LogP contribution in [0.15, 0.2) is 10.6 Å². The first-order valence-corrected chi connectivity index (χ1v) is 2.43. The average Bonchev–Trinajstić information content (AvgIpc) is 2.45. The van der Waals surface area contributed by atoms with Crippen molar-refractivity contribution in [2.75, 3.05) is 7.11 Å². The Kier molecular flexibility index (Phi) is 0.800. The van der Waals surface area contributed by atoms with Crippen molar-refractivity contribution in [2.45, 2.75) is 6.85 Å². The smallest absolute Gasteiger partial charge is 0.360 e. The summed E-state index contributed by atoms with van der Waals surface area (Å²) in [6.45, 7) is -2.59. The first-order valence-electron chi connectivity index (χ1n) is 4.43. The maximum atomic E-state index is 10.9. The van der Waals surface area contributed by atoms with E-state index >= 15 is 0 Å². The summed E-state index contributed by atoms with van der Waals surface area (Å²) in [6.07, 6.45) is 0. The molecule has 0 aliphatic heterocycles. The molecule has 1 heterocycles. The van der Waals surface area contributed by atoms with Gasteiger partial charge in [-0.25, -0.2) is 4.79 Å². The molecule has 0 saturated heterocycles. The minimum atomic E-state index is -2.59. The second-order valence-electron chi connectivity index (χ2n) is 1.48. The van der Waals surface area contributed by atoms with E-state index in [2.05, 4.69) is 14.4 Å². The van der Waals surface area contributed by atoms with Gasteiger partial charge < -0.3 is 9.26 Å². The van der Waals surface area contributed by atoms with Gasteiger partial charge in [0.25, 0.3) is 0 Å². The number of nitrogens with zero attached hydrogens (tertiary/aromatic N) is 1. The van der Waals surface area contributed by atoms with E-state index < -0.39 is 30.3 Å². The van der Waals surface area contributed by atoms with Crippen molar-refractivity contribution in [3.63, 3.8) is 0 Å². The van der Waals surface area contributed by atoms with Crippen molar-refractivity contribution in [1.82, 2.24) is 5.16 Å². The minimum Gasteiger partial charge on any atom is -0.464 e. The standard InChI is InChI=1S/C6H7NO3/c1-4-3-5(7-10-4)6(8)9-2/h3H,1-2H3/i1D3,3D. The molecular weight excluding hydrogens is 134 g/mol. The zero-order valence-corrected chi connectivity index (χ0v) is 5.17. The number of aromatic nitrogens is 1. The van der Waals surface area contributed by atoms with Crippen molar-refractivity contribution in [2.24, 2.45) is 0 Å². The molecule has 0 saturated carbocycles. The van der Waals surface area contributed by atoms with Crippen LogP contribution in [0.3, 0.4) is 0 Å². The Morgan fingerprint density at radius 1 is 2.10 bits per heavy atom. The Balaban J connectivity index is 3.15. The average molecular weight is 145 g/mol. The fraction of sp³-hybridized carbons (Fsp3) is 0.333. The van der Waals surface area contributed by atoms with Gasteiger partial charge >= 0.3 is 5.97 Å². The summed E-state index contributed by atoms with van der Waals surface area (Å²) < 4.78 is 36.8. The van der Waals surface area contributed by atoms with Crippen LogP contribution < -0.4 is 0 Å². The van der Waals surface area contributed by atoms with Gasteiger partial charge in [0.2, 0.25) is 0 Å². The summed E-state index contributed by atoms with van der Waals surface area (Å²) in [5, 5.41) is 3.16. The summed E-state index contributed by atoms with van der Waals surface area (Å²) >= 11 is 0. The highest BCUT2D eigenvalue weighted by molar-refractivity contribution is 5.86. The van der Waals surface area contributed by atoms with Gasteiger partial charge in [0.05, 0.1) is 8.48 Å². The lowest BCUT2D eigenvalue weighted by Gasteiger charge is -1.88. The first kappa shape index (κ1) is 3.18. The van der Waals surface area contributed by atoms with Gasteiger partial charge in [-0.3, -0.25) is 0 Å². The fourth-order valence-electron chi connectivity index (χ4n) is 0.429. The molecule has 1 aromatic rings. The molecule has 0 radical (unpaired) electrons. The van der Waals surface area contributed by atoms with Crippen molar-refractivity contribution < 1.29 is 19.5 Å². The minimum absolute atomic E-state index is 0.432. The molecule has 0 fully saturated rings. The SMILES string of the molecule is [2H]c1c(C(=O)OC)noc1C([2H])([2H])[2H]. The van der Waals surface area contributed by atoms with Crippen molar-refractivity contribution in [1.29, 1.82) is 0 Å². The zero-order valence-electron chi connectivity index (χ0n) is 9.17. The third kappa shape index (κ3) is 1.15. The van der Waals surface area contributed by atoms with Gasteiger partial charge in [-0.05, 0) is 6.85 Å². The molecule has 0 N–H and O–H groups in total. The van der Waals surface area contributed by atoms with Gasteiger partial charge in [0, 0.05) is 10.2 Å². The lowest BCUT2D eigenvalue weighted by atomic mass is 10.4. The molecule has 0 amide bonds. The predicted octanol–water partition coefficient (Wildman–Crippen LogP) is 0.770. The number of ether oxygens (including phenoxy) is 1. The third-order valence-electron chi connectivity index (χ3n) is 0.839. The summed E-state index contributed by atoms with van der Waals surface area (Å²) in [6, 6.07) is -0.558. The van der Waals surface area contributed by atoms with Gasteiger partial charge in [-0.1, -0.05) is 5.16 Å². The molecule has 0 aromatic carbocycles. The van der Waals surface area contributed by atoms with Crippen LogP contribution in [0, 0.1) is 6.85 Å². The van der Waals surface area contributed by atoms with Crippen molar-refractivity contribution in [3.05, 3.63) is 17.5 Å². The first-order chi connectivity index (χ1) is 6.38. The summed E-state index contributed by atoms with van der Waals surface area (Å²) in [5.74, 6) is -1.51. The highest BCUT2D eigenvalue weighted by Crippen LogP contribution is 2.01. The van der Waals surface area contributed by atoms with E-state index in [0.717, 1.165) is 7.11 Å². The number of esters is 1. The molecule has 54 valence electrons. The summed E-state index contributed by atoms with van der Waals surface area (Å²) in [7, 11) is 1.10. The van der Waals surface area contributed by atoms with Crippen LogP contribution >= 0.6 is 0 Å². The third-order valence-corrected chi connectivity index (χ3v) is 0.839. The van der Waals surface area contributed by atoms with Gasteiger partial charge in [0.1, 0.15) is 5.76 Å². The van der Waals surface area contributed by atoms with E-state index in [1.807, 2.05) is 0 Å². The summed E-state index contributed by atoms with van der Waals surface area (Å²) in [4.78, 5) is 10.9. The number of carbonyl (C=O) groups excluding carboxylic acids is 1. The van der Waals surface area contributed by atoms with E-state index in [-0.39, 0.29) is 0 Å². The van der Waals surface area contributed by atoms with Crippen LogP contribution in [0.25, 0.3) is 0 Å². The molecule has 10 heavy (non-hydrogen) atoms. The Bertz CT molecular complexity index is 356. The van der Waals surface area contributed by atoms with Gasteiger partial charge in [-0.15, -0.1) is 0 Å². The van der Waals surface area contributed by atoms with E-state index in [1.54, 1.807) is 0 Å². The topological polar surface area (TPSA) is 52.3 Å². The number of methoxy groups -OCH3 is 1. The molecule has 0 aliphatic carbocycles. The number of aryl methyl sites for hydroxylation is 1. The van der Waals surface area contributed by atoms with E-state index in [1.165, 1.54) is 0 Å². The molecule has 0 atom stereocenters. The van der Waals surface area contributed by atoms with Crippen molar-refractivity contribution in [3.8, 4) is 0 Å². The van der Waals surface area contributed by atoms with E-state index in [9.17, 15) is 4.79 Å². The van der Waals surface area contributed by atoms with Gasteiger partial charge in [0.15, 0.2) is 5.69 Å². The number of hydrogen-bond acceptors (Lipinski definition) is 4. The van der Waals surface area contributed by atoms with Crippen LogP contribution in [0.4, 0.5) is 0 Å². The van der Waals surface area contributed by atoms with E-state index in [4.69, 9.17) is 5.48 Å².